The third-order valence-electron chi connectivity index (χ3n) is 7.29. The number of nitrogens with zero attached hydrogens (tertiary/aromatic N) is 1. The molecule has 4 rings (SSSR count). The zero-order chi connectivity index (χ0) is 19.7. The van der Waals surface area contributed by atoms with Crippen LogP contribution in [0, 0.1) is 40.7 Å². The molecule has 1 nitrogen and oxygen atoms in total. The van der Waals surface area contributed by atoms with Gasteiger partial charge in [-0.1, -0.05) is 38.7 Å². The maximum absolute atomic E-state index is 14.7. The molecule has 0 radical (unpaired) electrons. The first-order valence-corrected chi connectivity index (χ1v) is 10.9. The smallest absolute Gasteiger partial charge is 0.141 e. The minimum Gasteiger partial charge on any atom is -0.206 e. The fourth-order valence-electron chi connectivity index (χ4n) is 5.73. The van der Waals surface area contributed by atoms with Gasteiger partial charge in [0.05, 0.1) is 5.56 Å². The lowest BCUT2D eigenvalue weighted by molar-refractivity contribution is 0.113. The Kier molecular flexibility index (Phi) is 5.67. The second-order valence-electron chi connectivity index (χ2n) is 9.02. The maximum Gasteiger partial charge on any atom is 0.141 e. The summed E-state index contributed by atoms with van der Waals surface area (Å²) in [4.78, 5) is 0. The van der Waals surface area contributed by atoms with Crippen molar-refractivity contribution < 1.29 is 8.78 Å². The van der Waals surface area contributed by atoms with Crippen molar-refractivity contribution in [1.29, 1.82) is 5.26 Å². The lowest BCUT2D eigenvalue weighted by Gasteiger charge is -2.42. The second kappa shape index (κ2) is 8.19. The normalized spacial score (nSPS) is 27.4. The molecule has 0 amide bonds. The van der Waals surface area contributed by atoms with Crippen LogP contribution in [0.5, 0.6) is 0 Å². The van der Waals surface area contributed by atoms with Crippen LogP contribution in [0.3, 0.4) is 0 Å². The van der Waals surface area contributed by atoms with Gasteiger partial charge in [-0.15, -0.1) is 0 Å². The molecule has 0 saturated heterocycles. The van der Waals surface area contributed by atoms with Gasteiger partial charge in [0.25, 0.3) is 0 Å². The predicted octanol–water partition coefficient (Wildman–Crippen LogP) is 7.48. The van der Waals surface area contributed by atoms with Crippen molar-refractivity contribution in [3.63, 3.8) is 0 Å². The number of unbranched alkanes of at least 4 members (excludes halogenated alkanes) is 1. The van der Waals surface area contributed by atoms with Crippen molar-refractivity contribution in [2.75, 3.05) is 0 Å². The maximum atomic E-state index is 14.7. The Morgan fingerprint density at radius 1 is 0.964 bits per heavy atom. The first kappa shape index (κ1) is 19.4. The van der Waals surface area contributed by atoms with Crippen molar-refractivity contribution >= 4 is 10.8 Å². The summed E-state index contributed by atoms with van der Waals surface area (Å²) in [7, 11) is 0. The SMILES string of the molecule is CCCC[C@@H]1CC[C@@H]2CC(c3cc(F)c4cc(C#N)c(F)cc4c3)CCC2C1. The van der Waals surface area contributed by atoms with E-state index in [0.29, 0.717) is 16.7 Å². The third-order valence-corrected chi connectivity index (χ3v) is 7.29. The zero-order valence-corrected chi connectivity index (χ0v) is 16.7. The first-order valence-electron chi connectivity index (χ1n) is 10.9. The molecule has 0 heterocycles. The quantitative estimate of drug-likeness (QED) is 0.538. The number of rotatable bonds is 4. The van der Waals surface area contributed by atoms with Gasteiger partial charge in [0.15, 0.2) is 0 Å². The molecule has 2 fully saturated rings. The summed E-state index contributed by atoms with van der Waals surface area (Å²) in [6, 6.07) is 8.01. The molecule has 0 aliphatic heterocycles. The number of hydrogen-bond donors (Lipinski definition) is 0. The van der Waals surface area contributed by atoms with E-state index in [2.05, 4.69) is 6.92 Å². The zero-order valence-electron chi connectivity index (χ0n) is 16.7. The fourth-order valence-corrected chi connectivity index (χ4v) is 5.73. The van der Waals surface area contributed by atoms with E-state index >= 15 is 0 Å². The summed E-state index contributed by atoms with van der Waals surface area (Å²) in [5.74, 6) is 1.97. The van der Waals surface area contributed by atoms with Gasteiger partial charge in [-0.25, -0.2) is 8.78 Å². The number of benzene rings is 2. The van der Waals surface area contributed by atoms with Crippen LogP contribution in [-0.4, -0.2) is 0 Å². The minimum atomic E-state index is -0.569. The summed E-state index contributed by atoms with van der Waals surface area (Å²) in [5.41, 5.74) is 0.903. The van der Waals surface area contributed by atoms with Crippen LogP contribution in [0.2, 0.25) is 0 Å². The average Bonchev–Trinajstić information content (AvgIpc) is 2.71. The van der Waals surface area contributed by atoms with Crippen LogP contribution in [0.4, 0.5) is 8.78 Å². The molecule has 2 saturated carbocycles. The van der Waals surface area contributed by atoms with Crippen LogP contribution >= 0.6 is 0 Å². The highest BCUT2D eigenvalue weighted by Gasteiger charge is 2.36. The van der Waals surface area contributed by atoms with Gasteiger partial charge in [-0.3, -0.25) is 0 Å². The van der Waals surface area contributed by atoms with E-state index in [1.807, 2.05) is 6.07 Å². The lowest BCUT2D eigenvalue weighted by atomic mass is 9.63. The van der Waals surface area contributed by atoms with E-state index < -0.39 is 5.82 Å². The monoisotopic (exact) mass is 381 g/mol. The predicted molar refractivity (Wildman–Crippen MR) is 109 cm³/mol. The Morgan fingerprint density at radius 2 is 1.75 bits per heavy atom. The molecule has 2 aromatic carbocycles. The Balaban J connectivity index is 1.52. The van der Waals surface area contributed by atoms with Gasteiger partial charge >= 0.3 is 0 Å². The molecule has 2 aliphatic rings. The largest absolute Gasteiger partial charge is 0.206 e. The van der Waals surface area contributed by atoms with Gasteiger partial charge < -0.3 is 0 Å². The van der Waals surface area contributed by atoms with Crippen molar-refractivity contribution in [1.82, 2.24) is 0 Å². The van der Waals surface area contributed by atoms with Crippen molar-refractivity contribution in [3.05, 3.63) is 47.0 Å². The average molecular weight is 382 g/mol. The molecule has 2 aliphatic carbocycles. The van der Waals surface area contributed by atoms with E-state index in [0.717, 1.165) is 36.2 Å². The molecule has 28 heavy (non-hydrogen) atoms. The fraction of sp³-hybridized carbons (Fsp3) is 0.560. The summed E-state index contributed by atoms with van der Waals surface area (Å²) in [5, 5.41) is 9.90. The lowest BCUT2D eigenvalue weighted by Crippen LogP contribution is -2.30. The second-order valence-corrected chi connectivity index (χ2v) is 9.02. The summed E-state index contributed by atoms with van der Waals surface area (Å²) in [6.45, 7) is 2.27. The third kappa shape index (κ3) is 3.79. The van der Waals surface area contributed by atoms with Gasteiger partial charge in [-0.05, 0) is 84.9 Å². The van der Waals surface area contributed by atoms with Crippen LogP contribution in [-0.2, 0) is 0 Å². The van der Waals surface area contributed by atoms with Crippen LogP contribution in [0.15, 0.2) is 24.3 Å². The summed E-state index contributed by atoms with van der Waals surface area (Å²) >= 11 is 0. The van der Waals surface area contributed by atoms with E-state index in [-0.39, 0.29) is 11.4 Å². The van der Waals surface area contributed by atoms with Crippen molar-refractivity contribution in [3.8, 4) is 6.07 Å². The molecule has 4 atom stereocenters. The molecular formula is C25H29F2N. The molecule has 2 unspecified atom stereocenters. The van der Waals surface area contributed by atoms with Gasteiger partial charge in [0.2, 0.25) is 0 Å². The first-order chi connectivity index (χ1) is 13.6. The highest BCUT2D eigenvalue weighted by Crippen LogP contribution is 2.48. The molecule has 3 heteroatoms. The Labute approximate surface area is 166 Å². The topological polar surface area (TPSA) is 23.8 Å². The van der Waals surface area contributed by atoms with Gasteiger partial charge in [0, 0.05) is 5.39 Å². The number of fused-ring (bicyclic) bond motifs is 2. The molecule has 0 aromatic heterocycles. The highest BCUT2D eigenvalue weighted by atomic mass is 19.1. The number of nitriles is 1. The summed E-state index contributed by atoms with van der Waals surface area (Å²) in [6.07, 6.45) is 11.5. The van der Waals surface area contributed by atoms with Crippen LogP contribution < -0.4 is 0 Å². The Hall–Kier alpha value is -1.95. The van der Waals surface area contributed by atoms with Gasteiger partial charge in [0.1, 0.15) is 17.7 Å². The molecule has 0 bridgehead atoms. The molecule has 0 N–H and O–H groups in total. The van der Waals surface area contributed by atoms with Crippen LogP contribution in [0.1, 0.15) is 81.8 Å². The Bertz CT molecular complexity index is 898. The molecule has 0 spiro atoms. The van der Waals surface area contributed by atoms with Crippen LogP contribution in [0.25, 0.3) is 10.8 Å². The minimum absolute atomic E-state index is 0.0977. The van der Waals surface area contributed by atoms with E-state index in [1.165, 1.54) is 57.1 Å². The summed E-state index contributed by atoms with van der Waals surface area (Å²) < 4.78 is 28.7. The molecular weight excluding hydrogens is 352 g/mol. The molecule has 2 aromatic rings. The van der Waals surface area contributed by atoms with E-state index in [4.69, 9.17) is 5.26 Å². The van der Waals surface area contributed by atoms with E-state index in [1.54, 1.807) is 12.1 Å². The highest BCUT2D eigenvalue weighted by molar-refractivity contribution is 5.85. The number of hydrogen-bond acceptors (Lipinski definition) is 1. The number of halogens is 2. The van der Waals surface area contributed by atoms with Crippen molar-refractivity contribution in [2.24, 2.45) is 17.8 Å². The molecule has 148 valence electrons. The van der Waals surface area contributed by atoms with Gasteiger partial charge in [-0.2, -0.15) is 5.26 Å². The Morgan fingerprint density at radius 3 is 2.54 bits per heavy atom. The van der Waals surface area contributed by atoms with Crippen molar-refractivity contribution in [2.45, 2.75) is 70.6 Å². The van der Waals surface area contributed by atoms with E-state index in [9.17, 15) is 8.78 Å². The standard InChI is InChI=1S/C25H29F2N/c1-2-3-4-16-5-6-18-10-19(8-7-17(18)9-16)20-11-21-14-24(26)22(15-28)12-23(21)25(27)13-20/h11-14,16-19H,2-10H2,1H3/t16-,17?,18-,19?/m1/s1.